The van der Waals surface area contributed by atoms with Gasteiger partial charge in [-0.1, -0.05) is 19.1 Å². The van der Waals surface area contributed by atoms with Crippen molar-refractivity contribution in [2.45, 2.75) is 26.8 Å². The van der Waals surface area contributed by atoms with Crippen LogP contribution in [0, 0.1) is 0 Å². The first-order valence-corrected chi connectivity index (χ1v) is 8.66. The highest BCUT2D eigenvalue weighted by molar-refractivity contribution is 7.92. The van der Waals surface area contributed by atoms with E-state index in [1.54, 1.807) is 31.2 Å². The minimum absolute atomic E-state index is 0. The number of carbonyl (C=O) groups is 1. The summed E-state index contributed by atoms with van der Waals surface area (Å²) >= 11 is 0. The zero-order valence-electron chi connectivity index (χ0n) is 13.0. The quantitative estimate of drug-likeness (QED) is 0.665. The Morgan fingerprint density at radius 1 is 1.23 bits per heavy atom. The molecule has 6 nitrogen and oxygen atoms in total. The predicted molar refractivity (Wildman–Crippen MR) is 92.2 cm³/mol. The molecule has 0 fully saturated rings. The number of likely N-dealkylation sites (N-methyl/N-ethyl adjacent to an activating group) is 1. The van der Waals surface area contributed by atoms with E-state index in [0.29, 0.717) is 17.8 Å². The second-order valence-corrected chi connectivity index (χ2v) is 6.73. The number of hydrogen-bond donors (Lipinski definition) is 3. The molecule has 0 saturated heterocycles. The number of sulfonamides is 1. The average molecular weight is 350 g/mol. The van der Waals surface area contributed by atoms with Crippen molar-refractivity contribution in [1.29, 1.82) is 0 Å². The van der Waals surface area contributed by atoms with Crippen LogP contribution in [-0.2, 0) is 10.0 Å². The van der Waals surface area contributed by atoms with Crippen LogP contribution in [0.2, 0.25) is 0 Å². The number of hydrogen-bond acceptors (Lipinski definition) is 4. The molecule has 8 heteroatoms. The fourth-order valence-electron chi connectivity index (χ4n) is 1.77. The van der Waals surface area contributed by atoms with Crippen LogP contribution in [0.4, 0.5) is 5.69 Å². The Balaban J connectivity index is 0.00000441. The molecule has 0 aliphatic heterocycles. The van der Waals surface area contributed by atoms with E-state index in [-0.39, 0.29) is 30.1 Å². The fraction of sp³-hybridized carbons (Fsp3) is 0.500. The van der Waals surface area contributed by atoms with Crippen molar-refractivity contribution < 1.29 is 13.2 Å². The van der Waals surface area contributed by atoms with Gasteiger partial charge in [0.1, 0.15) is 0 Å². The molecule has 1 aromatic rings. The third-order valence-electron chi connectivity index (χ3n) is 2.94. The number of rotatable bonds is 8. The van der Waals surface area contributed by atoms with E-state index < -0.39 is 10.0 Å². The van der Waals surface area contributed by atoms with E-state index in [2.05, 4.69) is 15.4 Å². The lowest BCUT2D eigenvalue weighted by Gasteiger charge is -2.15. The first kappa shape index (κ1) is 20.7. The summed E-state index contributed by atoms with van der Waals surface area (Å²) in [5.41, 5.74) is 0.617. The van der Waals surface area contributed by atoms with E-state index in [0.717, 1.165) is 6.54 Å². The van der Waals surface area contributed by atoms with Crippen LogP contribution in [0.3, 0.4) is 0 Å². The number of amides is 1. The predicted octanol–water partition coefficient (Wildman–Crippen LogP) is 1.60. The maximum Gasteiger partial charge on any atom is 0.253 e. The molecule has 0 radical (unpaired) electrons. The molecule has 126 valence electrons. The number of para-hydroxylation sites is 1. The molecule has 0 unspecified atom stereocenters. The monoisotopic (exact) mass is 349 g/mol. The molecule has 1 aromatic carbocycles. The number of anilines is 1. The first-order valence-electron chi connectivity index (χ1n) is 7.00. The third-order valence-corrected chi connectivity index (χ3v) is 4.23. The van der Waals surface area contributed by atoms with Crippen molar-refractivity contribution in [2.75, 3.05) is 23.6 Å². The molecule has 0 spiro atoms. The average Bonchev–Trinajstić information content (AvgIpc) is 2.45. The molecule has 0 aliphatic rings. The van der Waals surface area contributed by atoms with Gasteiger partial charge in [-0.3, -0.25) is 9.52 Å². The van der Waals surface area contributed by atoms with Gasteiger partial charge in [0.25, 0.3) is 5.91 Å². The Labute approximate surface area is 138 Å². The normalized spacial score (nSPS) is 12.1. The Kier molecular flexibility index (Phi) is 9.08. The lowest BCUT2D eigenvalue weighted by atomic mass is 10.1. The minimum Gasteiger partial charge on any atom is -0.350 e. The number of halogens is 1. The molecule has 0 saturated carbocycles. The molecule has 0 aromatic heterocycles. The van der Waals surface area contributed by atoms with E-state index in [1.165, 1.54) is 0 Å². The first-order chi connectivity index (χ1) is 9.89. The summed E-state index contributed by atoms with van der Waals surface area (Å²) in [4.78, 5) is 12.2. The molecule has 1 amide bonds. The number of benzene rings is 1. The number of nitrogens with one attached hydrogen (secondary N) is 3. The molecule has 0 aliphatic carbocycles. The van der Waals surface area contributed by atoms with Gasteiger partial charge in [0.15, 0.2) is 0 Å². The summed E-state index contributed by atoms with van der Waals surface area (Å²) in [5.74, 6) is -0.338. The molecule has 1 atom stereocenters. The summed E-state index contributed by atoms with van der Waals surface area (Å²) in [6.07, 6.45) is 0. The SMILES string of the molecule is CCN[C@H](C)CNC(=O)c1ccccc1NS(=O)(=O)CC.Cl. The summed E-state index contributed by atoms with van der Waals surface area (Å²) in [7, 11) is -3.41. The molecular weight excluding hydrogens is 326 g/mol. The molecular formula is C14H24ClN3O3S. The largest absolute Gasteiger partial charge is 0.350 e. The van der Waals surface area contributed by atoms with Crippen LogP contribution in [0.25, 0.3) is 0 Å². The lowest BCUT2D eigenvalue weighted by Crippen LogP contribution is -2.39. The summed E-state index contributed by atoms with van der Waals surface area (Å²) in [6, 6.07) is 6.72. The van der Waals surface area contributed by atoms with Gasteiger partial charge >= 0.3 is 0 Å². The molecule has 0 heterocycles. The van der Waals surface area contributed by atoms with E-state index in [9.17, 15) is 13.2 Å². The van der Waals surface area contributed by atoms with Crippen molar-refractivity contribution in [3.63, 3.8) is 0 Å². The van der Waals surface area contributed by atoms with Crippen LogP contribution in [0.5, 0.6) is 0 Å². The molecule has 1 rings (SSSR count). The van der Waals surface area contributed by atoms with Crippen molar-refractivity contribution >= 4 is 34.0 Å². The van der Waals surface area contributed by atoms with Gasteiger partial charge in [0, 0.05) is 12.6 Å². The van der Waals surface area contributed by atoms with Crippen molar-refractivity contribution in [3.05, 3.63) is 29.8 Å². The Morgan fingerprint density at radius 3 is 2.45 bits per heavy atom. The van der Waals surface area contributed by atoms with Gasteiger partial charge < -0.3 is 10.6 Å². The van der Waals surface area contributed by atoms with Crippen LogP contribution in [0.1, 0.15) is 31.1 Å². The van der Waals surface area contributed by atoms with E-state index in [1.807, 2.05) is 13.8 Å². The molecule has 3 N–H and O–H groups in total. The Hall–Kier alpha value is -1.31. The van der Waals surface area contributed by atoms with Crippen molar-refractivity contribution in [3.8, 4) is 0 Å². The summed E-state index contributed by atoms with van der Waals surface area (Å²) in [6.45, 7) is 6.80. The summed E-state index contributed by atoms with van der Waals surface area (Å²) in [5, 5.41) is 5.98. The third kappa shape index (κ3) is 6.64. The van der Waals surface area contributed by atoms with Crippen LogP contribution < -0.4 is 15.4 Å². The van der Waals surface area contributed by atoms with Gasteiger partial charge in [0.05, 0.1) is 17.0 Å². The Bertz CT molecular complexity index is 578. The van der Waals surface area contributed by atoms with Gasteiger partial charge in [-0.15, -0.1) is 12.4 Å². The zero-order chi connectivity index (χ0) is 15.9. The highest BCUT2D eigenvalue weighted by atomic mass is 35.5. The minimum atomic E-state index is -3.41. The maximum atomic E-state index is 12.2. The van der Waals surface area contributed by atoms with Crippen molar-refractivity contribution in [2.24, 2.45) is 0 Å². The van der Waals surface area contributed by atoms with Crippen LogP contribution in [0.15, 0.2) is 24.3 Å². The second kappa shape index (κ2) is 9.66. The smallest absolute Gasteiger partial charge is 0.253 e. The lowest BCUT2D eigenvalue weighted by molar-refractivity contribution is 0.0951. The van der Waals surface area contributed by atoms with Gasteiger partial charge in [-0.2, -0.15) is 0 Å². The van der Waals surface area contributed by atoms with Gasteiger partial charge in [-0.05, 0) is 32.5 Å². The zero-order valence-corrected chi connectivity index (χ0v) is 14.7. The molecule has 0 bridgehead atoms. The number of carbonyl (C=O) groups excluding carboxylic acids is 1. The highest BCUT2D eigenvalue weighted by Crippen LogP contribution is 2.16. The van der Waals surface area contributed by atoms with Crippen LogP contribution >= 0.6 is 12.4 Å². The summed E-state index contributed by atoms with van der Waals surface area (Å²) < 4.78 is 25.7. The molecule has 22 heavy (non-hydrogen) atoms. The van der Waals surface area contributed by atoms with Crippen molar-refractivity contribution in [1.82, 2.24) is 10.6 Å². The van der Waals surface area contributed by atoms with E-state index in [4.69, 9.17) is 0 Å². The van der Waals surface area contributed by atoms with E-state index >= 15 is 0 Å². The topological polar surface area (TPSA) is 87.3 Å². The fourth-order valence-corrected chi connectivity index (χ4v) is 2.43. The standard InChI is InChI=1S/C14H23N3O3S.ClH/c1-4-15-11(3)10-16-14(18)12-8-6-7-9-13(12)17-21(19,20)5-2;/h6-9,11,15,17H,4-5,10H2,1-3H3,(H,16,18);1H/t11-;/m1./s1. The van der Waals surface area contributed by atoms with Crippen LogP contribution in [-0.4, -0.2) is 39.2 Å². The van der Waals surface area contributed by atoms with Gasteiger partial charge in [-0.25, -0.2) is 8.42 Å². The Morgan fingerprint density at radius 2 is 1.86 bits per heavy atom. The second-order valence-electron chi connectivity index (χ2n) is 4.72. The highest BCUT2D eigenvalue weighted by Gasteiger charge is 2.15. The van der Waals surface area contributed by atoms with Gasteiger partial charge in [0.2, 0.25) is 10.0 Å². The maximum absolute atomic E-state index is 12.2.